The van der Waals surface area contributed by atoms with Crippen LogP contribution in [0.1, 0.15) is 0 Å². The Kier molecular flexibility index (Phi) is 7.38. The fourth-order valence-electron chi connectivity index (χ4n) is 3.25. The fourth-order valence-corrected chi connectivity index (χ4v) is 3.90. The van der Waals surface area contributed by atoms with Crippen molar-refractivity contribution < 1.29 is 17.9 Å². The number of alkyl halides is 1. The first-order chi connectivity index (χ1) is 16.9. The number of hydrogen-bond acceptors (Lipinski definition) is 8. The quantitative estimate of drug-likeness (QED) is 0.186. The molecule has 3 aromatic rings. The molecule has 4 rings (SSSR count). The summed E-state index contributed by atoms with van der Waals surface area (Å²) in [5.41, 5.74) is 1.23. The highest BCUT2D eigenvalue weighted by Crippen LogP contribution is 2.32. The van der Waals surface area contributed by atoms with Crippen molar-refractivity contribution in [3.63, 3.8) is 0 Å². The van der Waals surface area contributed by atoms with Crippen LogP contribution in [0.5, 0.6) is 5.88 Å². The topological polar surface area (TPSA) is 112 Å². The molecule has 1 saturated heterocycles. The zero-order valence-electron chi connectivity index (χ0n) is 18.4. The highest BCUT2D eigenvalue weighted by molar-refractivity contribution is 8.00. The molecule has 2 unspecified atom stereocenters. The van der Waals surface area contributed by atoms with Gasteiger partial charge in [0.05, 0.1) is 23.6 Å². The Labute approximate surface area is 203 Å². The summed E-state index contributed by atoms with van der Waals surface area (Å²) >= 11 is 0.916. The van der Waals surface area contributed by atoms with Crippen molar-refractivity contribution in [1.29, 1.82) is 10.8 Å². The van der Waals surface area contributed by atoms with E-state index in [4.69, 9.17) is 15.6 Å². The molecule has 2 atom stereocenters. The fraction of sp³-hybridized carbons (Fsp3) is 0.217. The Balaban J connectivity index is 1.59. The van der Waals surface area contributed by atoms with Crippen molar-refractivity contribution in [1.82, 2.24) is 20.1 Å². The molecule has 3 heterocycles. The molecule has 0 amide bonds. The third-order valence-corrected chi connectivity index (χ3v) is 5.94. The molecule has 1 aliphatic heterocycles. The minimum Gasteiger partial charge on any atom is -0.480 e. The predicted octanol–water partition coefficient (Wildman–Crippen LogP) is 3.22. The molecule has 180 valence electrons. The Morgan fingerprint density at radius 3 is 2.80 bits per heavy atom. The Bertz CT molecular complexity index is 1390. The summed E-state index contributed by atoms with van der Waals surface area (Å²) in [6.45, 7) is 0.630. The van der Waals surface area contributed by atoms with Gasteiger partial charge in [0, 0.05) is 30.9 Å². The number of nitrogens with one attached hydrogen (secondary N) is 4. The first-order valence-corrected chi connectivity index (χ1v) is 11.2. The highest BCUT2D eigenvalue weighted by Gasteiger charge is 2.24. The standard InChI is InChI=1S/C23H20F3N7OS/c1-34-23-19(32-35-20-5-3-15(24)9-16(20)25)8-14(11-30-23)18-4-7-22(28)33(31-18)21(27)6-2-13-10-29-12-17(13)26/h3-5,7-9,11,13,17,27-29,32H,10,12H2,1H3. The van der Waals surface area contributed by atoms with Crippen LogP contribution >= 0.6 is 11.9 Å². The van der Waals surface area contributed by atoms with Crippen LogP contribution < -0.4 is 20.3 Å². The summed E-state index contributed by atoms with van der Waals surface area (Å²) in [5.74, 6) is 3.38. The van der Waals surface area contributed by atoms with Gasteiger partial charge in [-0.25, -0.2) is 18.2 Å². The summed E-state index contributed by atoms with van der Waals surface area (Å²) < 4.78 is 50.2. The van der Waals surface area contributed by atoms with Crippen LogP contribution in [0.2, 0.25) is 0 Å². The van der Waals surface area contributed by atoms with E-state index < -0.39 is 23.7 Å². The van der Waals surface area contributed by atoms with Gasteiger partial charge in [-0.15, -0.1) is 0 Å². The number of pyridine rings is 1. The number of halogens is 3. The van der Waals surface area contributed by atoms with Gasteiger partial charge in [0.15, 0.2) is 0 Å². The van der Waals surface area contributed by atoms with Crippen LogP contribution in [0.25, 0.3) is 11.3 Å². The maximum absolute atomic E-state index is 14.0. The number of aromatic nitrogens is 3. The Hall–Kier alpha value is -3.82. The number of methoxy groups -OCH3 is 1. The number of anilines is 1. The number of nitrogens with zero attached hydrogens (tertiary/aromatic N) is 3. The molecule has 1 aliphatic rings. The van der Waals surface area contributed by atoms with E-state index >= 15 is 0 Å². The Morgan fingerprint density at radius 1 is 1.26 bits per heavy atom. The smallest absolute Gasteiger partial charge is 0.237 e. The van der Waals surface area contributed by atoms with Gasteiger partial charge in [-0.2, -0.15) is 9.78 Å². The molecule has 2 aromatic heterocycles. The average molecular weight is 500 g/mol. The zero-order valence-corrected chi connectivity index (χ0v) is 19.2. The summed E-state index contributed by atoms with van der Waals surface area (Å²) in [6.07, 6.45) is 0.393. The van der Waals surface area contributed by atoms with Crippen molar-refractivity contribution in [2.24, 2.45) is 5.92 Å². The molecule has 0 radical (unpaired) electrons. The first-order valence-electron chi connectivity index (χ1n) is 10.4. The van der Waals surface area contributed by atoms with Gasteiger partial charge in [0.2, 0.25) is 11.7 Å². The lowest BCUT2D eigenvalue weighted by Gasteiger charge is -2.12. The first kappa shape index (κ1) is 24.3. The largest absolute Gasteiger partial charge is 0.480 e. The van der Waals surface area contributed by atoms with Gasteiger partial charge in [-0.1, -0.05) is 5.92 Å². The van der Waals surface area contributed by atoms with Gasteiger partial charge in [0.25, 0.3) is 0 Å². The minimum absolute atomic E-state index is 0.0726. The molecule has 35 heavy (non-hydrogen) atoms. The highest BCUT2D eigenvalue weighted by atomic mass is 32.2. The van der Waals surface area contributed by atoms with Gasteiger partial charge < -0.3 is 14.8 Å². The van der Waals surface area contributed by atoms with Crippen molar-refractivity contribution >= 4 is 23.5 Å². The number of hydrogen-bond donors (Lipinski definition) is 4. The predicted molar refractivity (Wildman–Crippen MR) is 126 cm³/mol. The summed E-state index contributed by atoms with van der Waals surface area (Å²) in [5, 5.41) is 23.5. The second-order valence-corrected chi connectivity index (χ2v) is 8.32. The zero-order chi connectivity index (χ0) is 24.9. The maximum atomic E-state index is 14.0. The molecule has 1 fully saturated rings. The molecular weight excluding hydrogens is 479 g/mol. The molecule has 0 aliphatic carbocycles. The maximum Gasteiger partial charge on any atom is 0.237 e. The van der Waals surface area contributed by atoms with Crippen molar-refractivity contribution in [3.05, 3.63) is 59.7 Å². The van der Waals surface area contributed by atoms with E-state index in [9.17, 15) is 13.2 Å². The van der Waals surface area contributed by atoms with Crippen LogP contribution in [0.4, 0.5) is 18.9 Å². The molecule has 1 aromatic carbocycles. The lowest BCUT2D eigenvalue weighted by Crippen LogP contribution is -2.28. The van der Waals surface area contributed by atoms with E-state index in [1.165, 1.54) is 25.4 Å². The molecule has 0 saturated carbocycles. The van der Waals surface area contributed by atoms with Gasteiger partial charge in [-0.3, -0.25) is 10.8 Å². The van der Waals surface area contributed by atoms with E-state index in [1.54, 1.807) is 12.1 Å². The number of ether oxygens (including phenoxy) is 1. The summed E-state index contributed by atoms with van der Waals surface area (Å²) in [4.78, 5) is 4.41. The molecule has 12 heteroatoms. The number of rotatable bonds is 5. The Morgan fingerprint density at radius 2 is 2.09 bits per heavy atom. The third-order valence-electron chi connectivity index (χ3n) is 5.07. The van der Waals surface area contributed by atoms with Crippen LogP contribution in [-0.4, -0.2) is 47.0 Å². The molecule has 4 N–H and O–H groups in total. The average Bonchev–Trinajstić information content (AvgIpc) is 3.26. The van der Waals surface area contributed by atoms with Crippen LogP contribution in [-0.2, 0) is 0 Å². The lowest BCUT2D eigenvalue weighted by molar-refractivity contribution is 0.323. The monoisotopic (exact) mass is 499 g/mol. The summed E-state index contributed by atoms with van der Waals surface area (Å²) in [6, 6.07) is 7.94. The number of benzene rings is 1. The van der Waals surface area contributed by atoms with Gasteiger partial charge >= 0.3 is 0 Å². The molecule has 0 bridgehead atoms. The molecular formula is C23H20F3N7OS. The van der Waals surface area contributed by atoms with Gasteiger partial charge in [-0.05, 0) is 48.2 Å². The van der Waals surface area contributed by atoms with E-state index in [0.29, 0.717) is 23.5 Å². The SMILES string of the molecule is COc1ncc(-c2ccc(=N)n(C(=N)C#CC3CNCC3F)n2)cc1NSc1ccc(F)cc1F. The molecule has 8 nitrogen and oxygen atoms in total. The van der Waals surface area contributed by atoms with Crippen LogP contribution in [0.15, 0.2) is 47.5 Å². The van der Waals surface area contributed by atoms with Crippen molar-refractivity contribution in [2.45, 2.75) is 11.1 Å². The lowest BCUT2D eigenvalue weighted by atomic mass is 10.1. The summed E-state index contributed by atoms with van der Waals surface area (Å²) in [7, 11) is 1.43. The molecule has 0 spiro atoms. The normalized spacial score (nSPS) is 16.9. The van der Waals surface area contributed by atoms with Crippen molar-refractivity contribution in [2.75, 3.05) is 24.9 Å². The van der Waals surface area contributed by atoms with Crippen LogP contribution in [0, 0.1) is 40.2 Å². The van der Waals surface area contributed by atoms with Crippen LogP contribution in [0.3, 0.4) is 0 Å². The third kappa shape index (κ3) is 5.64. The second-order valence-electron chi connectivity index (χ2n) is 7.47. The minimum atomic E-state index is -1.10. The van der Waals surface area contributed by atoms with E-state index in [1.807, 2.05) is 0 Å². The van der Waals surface area contributed by atoms with Crippen molar-refractivity contribution in [3.8, 4) is 29.0 Å². The van der Waals surface area contributed by atoms with E-state index in [2.05, 4.69) is 32.0 Å². The second kappa shape index (κ2) is 10.6. The van der Waals surface area contributed by atoms with E-state index in [0.717, 1.165) is 28.8 Å². The van der Waals surface area contributed by atoms with Gasteiger partial charge in [0.1, 0.15) is 29.0 Å². The van der Waals surface area contributed by atoms with E-state index in [-0.39, 0.29) is 28.6 Å².